The Labute approximate surface area is 125 Å². The molecular weight excluding hydrogens is 240 g/mol. The van der Waals surface area contributed by atoms with Gasteiger partial charge in [-0.1, -0.05) is 70.4 Å². The maximum atomic E-state index is 4.03. The fourth-order valence-corrected chi connectivity index (χ4v) is 4.04. The van der Waals surface area contributed by atoms with Crippen molar-refractivity contribution in [3.05, 3.63) is 61.3 Å². The number of rotatable bonds is 6. The van der Waals surface area contributed by atoms with E-state index in [9.17, 15) is 0 Å². The summed E-state index contributed by atoms with van der Waals surface area (Å²) in [4.78, 5) is 0. The van der Waals surface area contributed by atoms with Crippen LogP contribution in [0.25, 0.3) is 0 Å². The summed E-state index contributed by atoms with van der Waals surface area (Å²) in [7, 11) is 0. The largest absolute Gasteiger partial charge is 0.0991 e. The van der Waals surface area contributed by atoms with Crippen LogP contribution in [0.1, 0.15) is 52.9 Å². The molecule has 0 spiro atoms. The second-order valence-electron chi connectivity index (χ2n) is 6.23. The minimum Gasteiger partial charge on any atom is -0.0991 e. The second kappa shape index (κ2) is 6.92. The van der Waals surface area contributed by atoms with E-state index in [1.54, 1.807) is 0 Å². The Balaban J connectivity index is 3.24. The van der Waals surface area contributed by atoms with Crippen LogP contribution in [0.3, 0.4) is 0 Å². The summed E-state index contributed by atoms with van der Waals surface area (Å²) < 4.78 is 0. The standard InChI is InChI=1S/C20H30/c1-7-13-18(10-4)20(11-5)15-12-14-19(6,16-20)17(8-2)9-3/h7-10,13H,1-2,4,11-12,14-16H2,3,5-6H3/b17-9+,18-13+. The van der Waals surface area contributed by atoms with Gasteiger partial charge in [-0.15, -0.1) is 0 Å². The fraction of sp³-hybridized carbons (Fsp3) is 0.500. The van der Waals surface area contributed by atoms with Crippen LogP contribution >= 0.6 is 0 Å². The molecule has 0 nitrogen and oxygen atoms in total. The highest BCUT2D eigenvalue weighted by atomic mass is 14.5. The first kappa shape index (κ1) is 16.8. The van der Waals surface area contributed by atoms with Gasteiger partial charge in [0.25, 0.3) is 0 Å². The lowest BCUT2D eigenvalue weighted by atomic mass is 9.56. The van der Waals surface area contributed by atoms with Gasteiger partial charge in [-0.05, 0) is 54.6 Å². The zero-order chi connectivity index (χ0) is 15.2. The van der Waals surface area contributed by atoms with E-state index in [2.05, 4.69) is 52.7 Å². The number of hydrogen-bond donors (Lipinski definition) is 0. The van der Waals surface area contributed by atoms with Crippen molar-refractivity contribution in [1.29, 1.82) is 0 Å². The van der Waals surface area contributed by atoms with Crippen molar-refractivity contribution in [3.63, 3.8) is 0 Å². The van der Waals surface area contributed by atoms with Gasteiger partial charge in [0.1, 0.15) is 0 Å². The Morgan fingerprint density at radius 2 is 1.75 bits per heavy atom. The molecule has 1 aliphatic rings. The smallest absolute Gasteiger partial charge is 0.00414 e. The lowest BCUT2D eigenvalue weighted by Crippen LogP contribution is -2.36. The molecular formula is C20H30. The minimum atomic E-state index is 0.230. The maximum absolute atomic E-state index is 4.03. The van der Waals surface area contributed by atoms with Gasteiger partial charge in [-0.25, -0.2) is 0 Å². The van der Waals surface area contributed by atoms with E-state index in [1.165, 1.54) is 36.8 Å². The van der Waals surface area contributed by atoms with Crippen LogP contribution in [-0.4, -0.2) is 0 Å². The van der Waals surface area contributed by atoms with Crippen molar-refractivity contribution in [2.75, 3.05) is 0 Å². The van der Waals surface area contributed by atoms with Gasteiger partial charge in [-0.3, -0.25) is 0 Å². The third-order valence-electron chi connectivity index (χ3n) is 5.15. The number of allylic oxidation sites excluding steroid dienone is 7. The Morgan fingerprint density at radius 1 is 1.10 bits per heavy atom. The molecule has 20 heavy (non-hydrogen) atoms. The summed E-state index contributed by atoms with van der Waals surface area (Å²) in [5, 5.41) is 0. The van der Waals surface area contributed by atoms with Crippen LogP contribution in [0.2, 0.25) is 0 Å². The zero-order valence-corrected chi connectivity index (χ0v) is 13.5. The molecule has 0 amide bonds. The molecule has 0 heteroatoms. The fourth-order valence-electron chi connectivity index (χ4n) is 4.04. The average Bonchev–Trinajstić information content (AvgIpc) is 2.45. The third kappa shape index (κ3) is 3.06. The van der Waals surface area contributed by atoms with Crippen LogP contribution in [0.4, 0.5) is 0 Å². The quantitative estimate of drug-likeness (QED) is 0.490. The van der Waals surface area contributed by atoms with E-state index >= 15 is 0 Å². The molecule has 0 radical (unpaired) electrons. The van der Waals surface area contributed by atoms with E-state index in [1.807, 2.05) is 18.2 Å². The first-order valence-corrected chi connectivity index (χ1v) is 7.77. The van der Waals surface area contributed by atoms with Gasteiger partial charge < -0.3 is 0 Å². The second-order valence-corrected chi connectivity index (χ2v) is 6.23. The lowest BCUT2D eigenvalue weighted by Gasteiger charge is -2.48. The van der Waals surface area contributed by atoms with Crippen LogP contribution in [-0.2, 0) is 0 Å². The molecule has 2 atom stereocenters. The van der Waals surface area contributed by atoms with Crippen LogP contribution in [0.15, 0.2) is 61.3 Å². The highest BCUT2D eigenvalue weighted by molar-refractivity contribution is 5.33. The molecule has 0 aromatic rings. The number of hydrogen-bond acceptors (Lipinski definition) is 0. The van der Waals surface area contributed by atoms with Crippen molar-refractivity contribution in [2.24, 2.45) is 10.8 Å². The monoisotopic (exact) mass is 270 g/mol. The summed E-state index contributed by atoms with van der Waals surface area (Å²) in [6.07, 6.45) is 16.4. The molecule has 0 aromatic heterocycles. The third-order valence-corrected chi connectivity index (χ3v) is 5.15. The summed E-state index contributed by atoms with van der Waals surface area (Å²) in [6, 6.07) is 0. The molecule has 0 heterocycles. The van der Waals surface area contributed by atoms with E-state index in [0.29, 0.717) is 0 Å². The highest BCUT2D eigenvalue weighted by Gasteiger charge is 2.43. The van der Waals surface area contributed by atoms with Gasteiger partial charge in [0.15, 0.2) is 0 Å². The van der Waals surface area contributed by atoms with Crippen molar-refractivity contribution in [1.82, 2.24) is 0 Å². The predicted octanol–water partition coefficient (Wildman–Crippen LogP) is 6.39. The zero-order valence-electron chi connectivity index (χ0n) is 13.5. The van der Waals surface area contributed by atoms with E-state index < -0.39 is 0 Å². The van der Waals surface area contributed by atoms with Crippen molar-refractivity contribution in [3.8, 4) is 0 Å². The molecule has 0 saturated heterocycles. The summed E-state index contributed by atoms with van der Waals surface area (Å²) in [5.74, 6) is 0. The Bertz CT molecular complexity index is 435. The van der Waals surface area contributed by atoms with Gasteiger partial charge in [-0.2, -0.15) is 0 Å². The van der Waals surface area contributed by atoms with Gasteiger partial charge in [0.2, 0.25) is 0 Å². The van der Waals surface area contributed by atoms with Gasteiger partial charge in [0.05, 0.1) is 0 Å². The Kier molecular flexibility index (Phi) is 5.80. The van der Waals surface area contributed by atoms with Crippen molar-refractivity contribution < 1.29 is 0 Å². The predicted molar refractivity (Wildman–Crippen MR) is 91.7 cm³/mol. The average molecular weight is 270 g/mol. The Morgan fingerprint density at radius 3 is 2.20 bits per heavy atom. The molecule has 0 aromatic carbocycles. The normalized spacial score (nSPS) is 31.8. The molecule has 0 aliphatic heterocycles. The van der Waals surface area contributed by atoms with E-state index in [4.69, 9.17) is 0 Å². The topological polar surface area (TPSA) is 0 Å². The van der Waals surface area contributed by atoms with Crippen molar-refractivity contribution >= 4 is 0 Å². The minimum absolute atomic E-state index is 0.230. The van der Waals surface area contributed by atoms with Crippen LogP contribution in [0.5, 0.6) is 0 Å². The molecule has 0 N–H and O–H groups in total. The molecule has 1 rings (SSSR count). The first-order valence-electron chi connectivity index (χ1n) is 7.77. The SMILES string of the molecule is C=C/C=C(\C=C)C1(CC)CCCC(C)(/C(C=C)=C/C)C1. The molecule has 1 aliphatic carbocycles. The van der Waals surface area contributed by atoms with Crippen LogP contribution in [0, 0.1) is 10.8 Å². The molecule has 0 bridgehead atoms. The van der Waals surface area contributed by atoms with E-state index in [-0.39, 0.29) is 10.8 Å². The molecule has 1 saturated carbocycles. The summed E-state index contributed by atoms with van der Waals surface area (Å²) >= 11 is 0. The van der Waals surface area contributed by atoms with Gasteiger partial charge >= 0.3 is 0 Å². The van der Waals surface area contributed by atoms with E-state index in [0.717, 1.165) is 6.42 Å². The van der Waals surface area contributed by atoms with Gasteiger partial charge in [0, 0.05) is 0 Å². The molecule has 1 fully saturated rings. The highest BCUT2D eigenvalue weighted by Crippen LogP contribution is 2.55. The summed E-state index contributed by atoms with van der Waals surface area (Å²) in [6.45, 7) is 18.7. The molecule has 2 unspecified atom stereocenters. The first-order chi connectivity index (χ1) is 9.51. The molecule has 110 valence electrons. The maximum Gasteiger partial charge on any atom is -0.00414 e. The van der Waals surface area contributed by atoms with Crippen molar-refractivity contribution in [2.45, 2.75) is 52.9 Å². The lowest BCUT2D eigenvalue weighted by molar-refractivity contribution is 0.129. The summed E-state index contributed by atoms with van der Waals surface area (Å²) in [5.41, 5.74) is 3.20. The van der Waals surface area contributed by atoms with Crippen LogP contribution < -0.4 is 0 Å². The Hall–Kier alpha value is -1.30.